The molecule has 1 aliphatic rings. The number of thioether (sulfide) groups is 1. The number of nitrogen functional groups attached to an aromatic ring is 1. The lowest BCUT2D eigenvalue weighted by Gasteiger charge is -2.21. The standard InChI is InChI=1S/C13H21N5O2S/c1-3-6-17(7-10-4-5-10)11(19)8-21-13-16-15-9(2)12(20)18(13)14/h10H,3-8,14H2,1-2H3. The Balaban J connectivity index is 1.95. The van der Waals surface area contributed by atoms with Gasteiger partial charge in [-0.2, -0.15) is 4.68 Å². The first kappa shape index (κ1) is 15.8. The Morgan fingerprint density at radius 1 is 1.48 bits per heavy atom. The second kappa shape index (κ2) is 6.93. The highest BCUT2D eigenvalue weighted by atomic mass is 32.2. The van der Waals surface area contributed by atoms with E-state index in [0.717, 1.165) is 35.9 Å². The molecule has 8 heteroatoms. The molecule has 0 bridgehead atoms. The quantitative estimate of drug-likeness (QED) is 0.579. The van der Waals surface area contributed by atoms with Gasteiger partial charge in [0.1, 0.15) is 5.69 Å². The van der Waals surface area contributed by atoms with E-state index in [-0.39, 0.29) is 28.1 Å². The minimum atomic E-state index is -0.386. The number of aromatic nitrogens is 3. The molecule has 0 unspecified atom stereocenters. The van der Waals surface area contributed by atoms with Crippen molar-refractivity contribution in [2.75, 3.05) is 24.7 Å². The Labute approximate surface area is 127 Å². The van der Waals surface area contributed by atoms with Crippen molar-refractivity contribution < 1.29 is 4.79 Å². The van der Waals surface area contributed by atoms with Gasteiger partial charge < -0.3 is 10.7 Å². The molecule has 1 fully saturated rings. The molecule has 1 aromatic heterocycles. The fourth-order valence-electron chi connectivity index (χ4n) is 1.99. The van der Waals surface area contributed by atoms with Crippen LogP contribution < -0.4 is 11.4 Å². The molecule has 7 nitrogen and oxygen atoms in total. The van der Waals surface area contributed by atoms with E-state index in [1.54, 1.807) is 6.92 Å². The van der Waals surface area contributed by atoms with Crippen molar-refractivity contribution in [2.45, 2.75) is 38.3 Å². The Morgan fingerprint density at radius 2 is 2.19 bits per heavy atom. The second-order valence-electron chi connectivity index (χ2n) is 5.31. The lowest BCUT2D eigenvalue weighted by atomic mass is 10.3. The molecule has 1 amide bonds. The molecule has 116 valence electrons. The molecule has 1 aliphatic carbocycles. The van der Waals surface area contributed by atoms with Crippen molar-refractivity contribution in [3.05, 3.63) is 16.0 Å². The number of nitrogens with two attached hydrogens (primary N) is 1. The van der Waals surface area contributed by atoms with Crippen LogP contribution in [0.15, 0.2) is 9.95 Å². The fraction of sp³-hybridized carbons (Fsp3) is 0.692. The summed E-state index contributed by atoms with van der Waals surface area (Å²) in [5.74, 6) is 6.60. The van der Waals surface area contributed by atoms with Crippen LogP contribution in [0, 0.1) is 12.8 Å². The minimum absolute atomic E-state index is 0.0589. The van der Waals surface area contributed by atoms with Crippen molar-refractivity contribution in [3.63, 3.8) is 0 Å². The zero-order valence-electron chi connectivity index (χ0n) is 12.4. The molecule has 1 heterocycles. The number of hydrogen-bond donors (Lipinski definition) is 1. The predicted octanol–water partition coefficient (Wildman–Crippen LogP) is 0.401. The highest BCUT2D eigenvalue weighted by Crippen LogP contribution is 2.30. The van der Waals surface area contributed by atoms with E-state index in [4.69, 9.17) is 5.84 Å². The third kappa shape index (κ3) is 4.20. The van der Waals surface area contributed by atoms with Gasteiger partial charge in [-0.1, -0.05) is 18.7 Å². The molecule has 0 aliphatic heterocycles. The third-order valence-corrected chi connectivity index (χ3v) is 4.29. The van der Waals surface area contributed by atoms with Gasteiger partial charge in [0.05, 0.1) is 5.75 Å². The van der Waals surface area contributed by atoms with E-state index in [2.05, 4.69) is 17.1 Å². The molecule has 0 atom stereocenters. The maximum absolute atomic E-state index is 12.3. The number of amides is 1. The van der Waals surface area contributed by atoms with E-state index in [1.807, 2.05) is 4.90 Å². The molecular weight excluding hydrogens is 290 g/mol. The van der Waals surface area contributed by atoms with Crippen molar-refractivity contribution in [1.82, 2.24) is 19.8 Å². The Bertz CT molecular complexity index is 570. The largest absolute Gasteiger partial charge is 0.342 e. The van der Waals surface area contributed by atoms with Crippen LogP contribution in [0.4, 0.5) is 0 Å². The third-order valence-electron chi connectivity index (χ3n) is 3.37. The summed E-state index contributed by atoms with van der Waals surface area (Å²) in [4.78, 5) is 25.8. The molecule has 0 aromatic carbocycles. The number of hydrogen-bond acceptors (Lipinski definition) is 6. The van der Waals surface area contributed by atoms with Gasteiger partial charge in [0, 0.05) is 13.1 Å². The normalized spacial score (nSPS) is 14.2. The van der Waals surface area contributed by atoms with Crippen LogP contribution in [0.1, 0.15) is 31.9 Å². The van der Waals surface area contributed by atoms with E-state index in [9.17, 15) is 9.59 Å². The molecule has 21 heavy (non-hydrogen) atoms. The summed E-state index contributed by atoms with van der Waals surface area (Å²) in [7, 11) is 0. The van der Waals surface area contributed by atoms with E-state index in [1.165, 1.54) is 12.8 Å². The molecule has 1 saturated carbocycles. The molecule has 0 saturated heterocycles. The van der Waals surface area contributed by atoms with E-state index in [0.29, 0.717) is 5.92 Å². The van der Waals surface area contributed by atoms with Crippen molar-refractivity contribution in [3.8, 4) is 0 Å². The van der Waals surface area contributed by atoms with Gasteiger partial charge in [-0.25, -0.2) is 0 Å². The van der Waals surface area contributed by atoms with Gasteiger partial charge in [0.25, 0.3) is 5.56 Å². The zero-order chi connectivity index (χ0) is 15.4. The Hall–Kier alpha value is -1.57. The van der Waals surface area contributed by atoms with Gasteiger partial charge in [-0.15, -0.1) is 10.2 Å². The average Bonchev–Trinajstić information content (AvgIpc) is 3.27. The summed E-state index contributed by atoms with van der Waals surface area (Å²) < 4.78 is 0.950. The number of rotatable bonds is 7. The minimum Gasteiger partial charge on any atom is -0.342 e. The summed E-state index contributed by atoms with van der Waals surface area (Å²) in [6.07, 6.45) is 3.37. The summed E-state index contributed by atoms with van der Waals surface area (Å²) >= 11 is 1.15. The summed E-state index contributed by atoms with van der Waals surface area (Å²) in [5.41, 5.74) is -0.141. The number of carbonyl (C=O) groups is 1. The Morgan fingerprint density at radius 3 is 2.81 bits per heavy atom. The van der Waals surface area contributed by atoms with Crippen molar-refractivity contribution in [2.24, 2.45) is 5.92 Å². The number of carbonyl (C=O) groups excluding carboxylic acids is 1. The molecule has 2 N–H and O–H groups in total. The first-order valence-corrected chi connectivity index (χ1v) is 8.13. The lowest BCUT2D eigenvalue weighted by molar-refractivity contribution is -0.128. The SMILES string of the molecule is CCCN(CC1CC1)C(=O)CSc1nnc(C)c(=O)n1N. The summed E-state index contributed by atoms with van der Waals surface area (Å²) in [6.45, 7) is 5.22. The smallest absolute Gasteiger partial charge is 0.294 e. The zero-order valence-corrected chi connectivity index (χ0v) is 13.2. The number of nitrogens with zero attached hydrogens (tertiary/aromatic N) is 4. The lowest BCUT2D eigenvalue weighted by Crippen LogP contribution is -2.36. The van der Waals surface area contributed by atoms with Gasteiger partial charge >= 0.3 is 0 Å². The van der Waals surface area contributed by atoms with Crippen molar-refractivity contribution in [1.29, 1.82) is 0 Å². The molecule has 2 rings (SSSR count). The highest BCUT2D eigenvalue weighted by molar-refractivity contribution is 7.99. The predicted molar refractivity (Wildman–Crippen MR) is 81.5 cm³/mol. The second-order valence-corrected chi connectivity index (χ2v) is 6.26. The molecular formula is C13H21N5O2S. The maximum atomic E-state index is 12.3. The topological polar surface area (TPSA) is 94.1 Å². The van der Waals surface area contributed by atoms with Gasteiger partial charge in [-0.3, -0.25) is 9.59 Å². The van der Waals surface area contributed by atoms with E-state index >= 15 is 0 Å². The maximum Gasteiger partial charge on any atom is 0.294 e. The summed E-state index contributed by atoms with van der Waals surface area (Å²) in [5, 5.41) is 7.88. The van der Waals surface area contributed by atoms with Gasteiger partial charge in [-0.05, 0) is 32.1 Å². The van der Waals surface area contributed by atoms with Gasteiger partial charge in [0.2, 0.25) is 11.1 Å². The molecule has 0 spiro atoms. The van der Waals surface area contributed by atoms with Crippen LogP contribution in [-0.4, -0.2) is 44.5 Å². The first-order valence-electron chi connectivity index (χ1n) is 7.15. The van der Waals surface area contributed by atoms with Gasteiger partial charge in [0.15, 0.2) is 0 Å². The molecule has 0 radical (unpaired) electrons. The van der Waals surface area contributed by atoms with E-state index < -0.39 is 0 Å². The van der Waals surface area contributed by atoms with Crippen molar-refractivity contribution >= 4 is 17.7 Å². The van der Waals surface area contributed by atoms with Crippen LogP contribution in [0.25, 0.3) is 0 Å². The monoisotopic (exact) mass is 311 g/mol. The first-order chi connectivity index (χ1) is 10.0. The van der Waals surface area contributed by atoms with Crippen LogP contribution in [-0.2, 0) is 4.79 Å². The highest BCUT2D eigenvalue weighted by Gasteiger charge is 2.26. The van der Waals surface area contributed by atoms with Crippen LogP contribution in [0.5, 0.6) is 0 Å². The van der Waals surface area contributed by atoms with Crippen LogP contribution in [0.2, 0.25) is 0 Å². The number of aryl methyl sites for hydroxylation is 1. The average molecular weight is 311 g/mol. The fourth-order valence-corrected chi connectivity index (χ4v) is 2.74. The Kier molecular flexibility index (Phi) is 5.22. The molecule has 1 aromatic rings. The van der Waals surface area contributed by atoms with Crippen LogP contribution >= 0.6 is 11.8 Å². The van der Waals surface area contributed by atoms with Crippen LogP contribution in [0.3, 0.4) is 0 Å². The summed E-state index contributed by atoms with van der Waals surface area (Å²) in [6, 6.07) is 0.